The second kappa shape index (κ2) is 6.83. The number of methoxy groups -OCH3 is 3. The van der Waals surface area contributed by atoms with Crippen molar-refractivity contribution in [1.29, 1.82) is 0 Å². The van der Waals surface area contributed by atoms with Crippen molar-refractivity contribution in [1.82, 2.24) is 0 Å². The molecule has 0 fully saturated rings. The quantitative estimate of drug-likeness (QED) is 0.884. The fourth-order valence-electron chi connectivity index (χ4n) is 1.93. The van der Waals surface area contributed by atoms with Gasteiger partial charge < -0.3 is 19.5 Å². The molecule has 0 heterocycles. The minimum Gasteiger partial charge on any atom is -0.497 e. The first-order valence-electron chi connectivity index (χ1n) is 6.45. The van der Waals surface area contributed by atoms with Gasteiger partial charge in [-0.15, -0.1) is 0 Å². The molecule has 21 heavy (non-hydrogen) atoms. The Hall–Kier alpha value is -2.43. The van der Waals surface area contributed by atoms with Gasteiger partial charge in [0.2, 0.25) is 0 Å². The average Bonchev–Trinajstić information content (AvgIpc) is 2.52. The Labute approximate surface area is 123 Å². The van der Waals surface area contributed by atoms with Gasteiger partial charge in [0.25, 0.3) is 0 Å². The van der Waals surface area contributed by atoms with Crippen molar-refractivity contribution in [3.05, 3.63) is 47.8 Å². The van der Waals surface area contributed by atoms with Gasteiger partial charge in [0, 0.05) is 30.4 Å². The molecular formula is C16H18FNO3. The molecule has 0 spiro atoms. The Balaban J connectivity index is 2.10. The number of hydrogen-bond donors (Lipinski definition) is 1. The van der Waals surface area contributed by atoms with Gasteiger partial charge in [-0.3, -0.25) is 0 Å². The molecule has 0 atom stereocenters. The Morgan fingerprint density at radius 1 is 0.905 bits per heavy atom. The number of halogens is 1. The molecule has 0 aromatic heterocycles. The first kappa shape index (κ1) is 15.0. The Morgan fingerprint density at radius 3 is 2.10 bits per heavy atom. The summed E-state index contributed by atoms with van der Waals surface area (Å²) in [5, 5.41) is 3.21. The molecule has 2 aromatic rings. The molecule has 0 saturated heterocycles. The normalized spacial score (nSPS) is 10.1. The van der Waals surface area contributed by atoms with Crippen LogP contribution in [0.15, 0.2) is 36.4 Å². The minimum atomic E-state index is -0.375. The summed E-state index contributed by atoms with van der Waals surface area (Å²) in [5.41, 5.74) is 1.65. The van der Waals surface area contributed by atoms with Crippen LogP contribution in [0.5, 0.6) is 17.2 Å². The van der Waals surface area contributed by atoms with Gasteiger partial charge in [0.1, 0.15) is 11.5 Å². The van der Waals surface area contributed by atoms with E-state index >= 15 is 0 Å². The van der Waals surface area contributed by atoms with E-state index in [2.05, 4.69) is 5.32 Å². The second-order valence-corrected chi connectivity index (χ2v) is 4.42. The monoisotopic (exact) mass is 291 g/mol. The van der Waals surface area contributed by atoms with Crippen molar-refractivity contribution < 1.29 is 18.6 Å². The Morgan fingerprint density at radius 2 is 1.57 bits per heavy atom. The number of benzene rings is 2. The van der Waals surface area contributed by atoms with E-state index < -0.39 is 0 Å². The summed E-state index contributed by atoms with van der Waals surface area (Å²) >= 11 is 0. The molecule has 5 heteroatoms. The average molecular weight is 291 g/mol. The molecule has 4 nitrogen and oxygen atoms in total. The maximum Gasteiger partial charge on any atom is 0.165 e. The minimum absolute atomic E-state index is 0.238. The molecule has 2 aromatic carbocycles. The van der Waals surface area contributed by atoms with Crippen LogP contribution in [0.4, 0.5) is 10.1 Å². The summed E-state index contributed by atoms with van der Waals surface area (Å²) in [6.45, 7) is 0.483. The van der Waals surface area contributed by atoms with Gasteiger partial charge in [-0.25, -0.2) is 4.39 Å². The van der Waals surface area contributed by atoms with Gasteiger partial charge in [-0.05, 0) is 17.7 Å². The third-order valence-corrected chi connectivity index (χ3v) is 3.06. The van der Waals surface area contributed by atoms with Crippen molar-refractivity contribution in [2.45, 2.75) is 6.54 Å². The first-order chi connectivity index (χ1) is 10.2. The largest absolute Gasteiger partial charge is 0.497 e. The van der Waals surface area contributed by atoms with Crippen LogP contribution in [0.1, 0.15) is 5.56 Å². The number of anilines is 1. The Kier molecular flexibility index (Phi) is 4.87. The highest BCUT2D eigenvalue weighted by Crippen LogP contribution is 2.26. The summed E-state index contributed by atoms with van der Waals surface area (Å²) in [7, 11) is 4.63. The molecule has 0 aliphatic heterocycles. The number of nitrogens with one attached hydrogen (secondary N) is 1. The van der Waals surface area contributed by atoms with Gasteiger partial charge in [-0.2, -0.15) is 0 Å². The molecule has 0 aliphatic carbocycles. The van der Waals surface area contributed by atoms with E-state index in [1.165, 1.54) is 13.2 Å². The van der Waals surface area contributed by atoms with E-state index in [4.69, 9.17) is 14.2 Å². The molecule has 112 valence electrons. The zero-order valence-electron chi connectivity index (χ0n) is 12.3. The summed E-state index contributed by atoms with van der Waals surface area (Å²) in [6, 6.07) is 10.4. The Bertz CT molecular complexity index is 594. The topological polar surface area (TPSA) is 39.7 Å². The summed E-state index contributed by atoms with van der Waals surface area (Å²) in [4.78, 5) is 0. The van der Waals surface area contributed by atoms with Crippen LogP contribution < -0.4 is 19.5 Å². The molecular weight excluding hydrogens is 273 g/mol. The molecule has 1 N–H and O–H groups in total. The molecule has 0 unspecified atom stereocenters. The van der Waals surface area contributed by atoms with Gasteiger partial charge in [0.05, 0.1) is 21.3 Å². The van der Waals surface area contributed by atoms with Crippen LogP contribution in [0.3, 0.4) is 0 Å². The number of rotatable bonds is 6. The highest BCUT2D eigenvalue weighted by atomic mass is 19.1. The summed E-state index contributed by atoms with van der Waals surface area (Å²) in [5.74, 6) is 1.25. The maximum atomic E-state index is 13.6. The first-order valence-corrected chi connectivity index (χ1v) is 6.45. The zero-order valence-corrected chi connectivity index (χ0v) is 12.3. The van der Waals surface area contributed by atoms with Crippen LogP contribution in [0.2, 0.25) is 0 Å². The third kappa shape index (κ3) is 3.78. The van der Waals surface area contributed by atoms with E-state index in [0.29, 0.717) is 18.0 Å². The lowest BCUT2D eigenvalue weighted by Gasteiger charge is -2.11. The highest BCUT2D eigenvalue weighted by Gasteiger charge is 2.05. The molecule has 0 radical (unpaired) electrons. The van der Waals surface area contributed by atoms with Crippen LogP contribution >= 0.6 is 0 Å². The van der Waals surface area contributed by atoms with E-state index in [-0.39, 0.29) is 11.6 Å². The van der Waals surface area contributed by atoms with Gasteiger partial charge >= 0.3 is 0 Å². The SMILES string of the molecule is COc1cc(NCc2ccc(OC)c(F)c2)cc(OC)c1. The highest BCUT2D eigenvalue weighted by molar-refractivity contribution is 5.54. The fourth-order valence-corrected chi connectivity index (χ4v) is 1.93. The van der Waals surface area contributed by atoms with Crippen molar-refractivity contribution in [2.75, 3.05) is 26.6 Å². The number of ether oxygens (including phenoxy) is 3. The predicted molar refractivity (Wildman–Crippen MR) is 79.8 cm³/mol. The molecule has 2 rings (SSSR count). The lowest BCUT2D eigenvalue weighted by atomic mass is 10.2. The standard InChI is InChI=1S/C16H18FNO3/c1-19-13-7-12(8-14(9-13)20-2)18-10-11-4-5-16(21-3)15(17)6-11/h4-9,18H,10H2,1-3H3. The summed E-state index contributed by atoms with van der Waals surface area (Å²) < 4.78 is 28.9. The predicted octanol–water partition coefficient (Wildman–Crippen LogP) is 3.46. The van der Waals surface area contributed by atoms with E-state index in [1.807, 2.05) is 18.2 Å². The molecule has 0 aliphatic rings. The smallest absolute Gasteiger partial charge is 0.165 e. The second-order valence-electron chi connectivity index (χ2n) is 4.42. The van der Waals surface area contributed by atoms with Gasteiger partial charge in [-0.1, -0.05) is 6.07 Å². The number of hydrogen-bond acceptors (Lipinski definition) is 4. The van der Waals surface area contributed by atoms with E-state index in [1.54, 1.807) is 26.4 Å². The van der Waals surface area contributed by atoms with Crippen molar-refractivity contribution in [3.63, 3.8) is 0 Å². The zero-order chi connectivity index (χ0) is 15.2. The molecule has 0 bridgehead atoms. The van der Waals surface area contributed by atoms with Crippen LogP contribution in [-0.2, 0) is 6.54 Å². The summed E-state index contributed by atoms with van der Waals surface area (Å²) in [6.07, 6.45) is 0. The molecule has 0 saturated carbocycles. The van der Waals surface area contributed by atoms with Crippen LogP contribution in [-0.4, -0.2) is 21.3 Å². The lowest BCUT2D eigenvalue weighted by molar-refractivity contribution is 0.386. The third-order valence-electron chi connectivity index (χ3n) is 3.06. The van der Waals surface area contributed by atoms with Crippen LogP contribution in [0.25, 0.3) is 0 Å². The van der Waals surface area contributed by atoms with Gasteiger partial charge in [0.15, 0.2) is 11.6 Å². The fraction of sp³-hybridized carbons (Fsp3) is 0.250. The van der Waals surface area contributed by atoms with E-state index in [9.17, 15) is 4.39 Å². The van der Waals surface area contributed by atoms with Crippen molar-refractivity contribution >= 4 is 5.69 Å². The van der Waals surface area contributed by atoms with Crippen molar-refractivity contribution in [3.8, 4) is 17.2 Å². The van der Waals surface area contributed by atoms with E-state index in [0.717, 1.165) is 11.3 Å². The van der Waals surface area contributed by atoms with Crippen LogP contribution in [0, 0.1) is 5.82 Å². The maximum absolute atomic E-state index is 13.6. The van der Waals surface area contributed by atoms with Crippen molar-refractivity contribution in [2.24, 2.45) is 0 Å². The molecule has 0 amide bonds. The lowest BCUT2D eigenvalue weighted by Crippen LogP contribution is -2.01.